The molecule has 27 heavy (non-hydrogen) atoms. The van der Waals surface area contributed by atoms with Gasteiger partial charge in [0.15, 0.2) is 5.78 Å². The number of anilines is 1. The minimum absolute atomic E-state index is 0.0235. The van der Waals surface area contributed by atoms with E-state index in [1.165, 1.54) is 0 Å². The van der Waals surface area contributed by atoms with E-state index in [2.05, 4.69) is 13.8 Å². The van der Waals surface area contributed by atoms with E-state index in [0.717, 1.165) is 22.5 Å². The molecule has 0 radical (unpaired) electrons. The van der Waals surface area contributed by atoms with E-state index in [4.69, 9.17) is 11.6 Å². The standard InChI is InChI=1S/C23H22ClNO2/c1-23(2)13-19-22(20(26)14-23)18(15-6-4-3-5-7-15)12-21(27)25(19)17-10-8-16(24)9-11-17/h3-11,18H,12-14H2,1-2H3. The van der Waals surface area contributed by atoms with Crippen molar-refractivity contribution in [2.45, 2.75) is 39.0 Å². The van der Waals surface area contributed by atoms with Crippen LogP contribution in [0.25, 0.3) is 0 Å². The Morgan fingerprint density at radius 3 is 2.30 bits per heavy atom. The number of allylic oxidation sites excluding steroid dienone is 2. The SMILES string of the molecule is CC1(C)CC(=O)C2=C(C1)N(c1ccc(Cl)cc1)C(=O)CC2c1ccccc1. The van der Waals surface area contributed by atoms with Crippen LogP contribution in [0, 0.1) is 5.41 Å². The Bertz CT molecular complexity index is 929. The summed E-state index contributed by atoms with van der Waals surface area (Å²) in [6.07, 6.45) is 1.52. The largest absolute Gasteiger partial charge is 0.294 e. The molecular formula is C23H22ClNO2. The molecule has 0 aromatic heterocycles. The van der Waals surface area contributed by atoms with E-state index in [0.29, 0.717) is 24.3 Å². The monoisotopic (exact) mass is 379 g/mol. The third-order valence-corrected chi connectivity index (χ3v) is 5.68. The quantitative estimate of drug-likeness (QED) is 0.690. The molecule has 4 heteroatoms. The molecule has 0 bridgehead atoms. The van der Waals surface area contributed by atoms with Crippen molar-refractivity contribution in [3.8, 4) is 0 Å². The second kappa shape index (κ2) is 6.65. The Balaban J connectivity index is 1.89. The van der Waals surface area contributed by atoms with Crippen LogP contribution < -0.4 is 4.90 Å². The summed E-state index contributed by atoms with van der Waals surface area (Å²) in [6.45, 7) is 4.18. The van der Waals surface area contributed by atoms with Crippen LogP contribution in [0.5, 0.6) is 0 Å². The maximum atomic E-state index is 13.2. The van der Waals surface area contributed by atoms with Gasteiger partial charge < -0.3 is 0 Å². The molecule has 0 N–H and O–H groups in total. The maximum Gasteiger partial charge on any atom is 0.232 e. The summed E-state index contributed by atoms with van der Waals surface area (Å²) in [5.41, 5.74) is 3.29. The second-order valence-electron chi connectivity index (χ2n) is 8.17. The number of carbonyl (C=O) groups excluding carboxylic acids is 2. The van der Waals surface area contributed by atoms with Crippen LogP contribution in [-0.2, 0) is 9.59 Å². The van der Waals surface area contributed by atoms with Gasteiger partial charge in [0.25, 0.3) is 0 Å². The fourth-order valence-corrected chi connectivity index (χ4v) is 4.40. The van der Waals surface area contributed by atoms with Crippen molar-refractivity contribution < 1.29 is 9.59 Å². The van der Waals surface area contributed by atoms with Crippen molar-refractivity contribution in [2.75, 3.05) is 4.90 Å². The highest BCUT2D eigenvalue weighted by Crippen LogP contribution is 2.48. The van der Waals surface area contributed by atoms with Crippen LogP contribution in [0.3, 0.4) is 0 Å². The maximum absolute atomic E-state index is 13.2. The van der Waals surface area contributed by atoms with E-state index in [1.807, 2.05) is 42.5 Å². The van der Waals surface area contributed by atoms with Gasteiger partial charge in [-0.25, -0.2) is 0 Å². The molecule has 0 spiro atoms. The lowest BCUT2D eigenvalue weighted by Crippen LogP contribution is -2.43. The highest BCUT2D eigenvalue weighted by Gasteiger charge is 2.44. The molecule has 4 rings (SSSR count). The molecular weight excluding hydrogens is 358 g/mol. The van der Waals surface area contributed by atoms with Crippen molar-refractivity contribution in [3.63, 3.8) is 0 Å². The Hall–Kier alpha value is -2.39. The average Bonchev–Trinajstić information content (AvgIpc) is 2.62. The molecule has 1 heterocycles. The van der Waals surface area contributed by atoms with E-state index >= 15 is 0 Å². The number of ketones is 1. The zero-order valence-electron chi connectivity index (χ0n) is 15.5. The Kier molecular flexibility index (Phi) is 4.43. The van der Waals surface area contributed by atoms with E-state index in [-0.39, 0.29) is 23.0 Å². The van der Waals surface area contributed by atoms with Gasteiger partial charge >= 0.3 is 0 Å². The summed E-state index contributed by atoms with van der Waals surface area (Å²) in [7, 11) is 0. The topological polar surface area (TPSA) is 37.4 Å². The van der Waals surface area contributed by atoms with Crippen LogP contribution in [0.15, 0.2) is 65.9 Å². The third kappa shape index (κ3) is 3.32. The normalized spacial score (nSPS) is 22.0. The van der Waals surface area contributed by atoms with Crippen molar-refractivity contribution in [1.82, 2.24) is 0 Å². The van der Waals surface area contributed by atoms with Gasteiger partial charge in [0.2, 0.25) is 5.91 Å². The highest BCUT2D eigenvalue weighted by atomic mass is 35.5. The number of carbonyl (C=O) groups is 2. The molecule has 2 aromatic carbocycles. The van der Waals surface area contributed by atoms with Gasteiger partial charge in [0.1, 0.15) is 0 Å². The number of rotatable bonds is 2. The minimum Gasteiger partial charge on any atom is -0.294 e. The minimum atomic E-state index is -0.167. The van der Waals surface area contributed by atoms with Crippen molar-refractivity contribution in [2.24, 2.45) is 5.41 Å². The van der Waals surface area contributed by atoms with Crippen LogP contribution in [-0.4, -0.2) is 11.7 Å². The number of nitrogens with zero attached hydrogens (tertiary/aromatic N) is 1. The summed E-state index contributed by atoms with van der Waals surface area (Å²) < 4.78 is 0. The molecule has 0 saturated heterocycles. The van der Waals surface area contributed by atoms with E-state index < -0.39 is 0 Å². The number of Topliss-reactive ketones (excluding diaryl/α,β-unsaturated/α-hetero) is 1. The summed E-state index contributed by atoms with van der Waals surface area (Å²) in [5, 5.41) is 0.625. The van der Waals surface area contributed by atoms with Gasteiger partial charge in [-0.15, -0.1) is 0 Å². The number of hydrogen-bond donors (Lipinski definition) is 0. The van der Waals surface area contributed by atoms with Crippen molar-refractivity contribution in [1.29, 1.82) is 0 Å². The summed E-state index contributed by atoms with van der Waals surface area (Å²) in [6, 6.07) is 17.1. The molecule has 2 aromatic rings. The fourth-order valence-electron chi connectivity index (χ4n) is 4.28. The molecule has 3 nitrogen and oxygen atoms in total. The van der Waals surface area contributed by atoms with Gasteiger partial charge in [-0.2, -0.15) is 0 Å². The van der Waals surface area contributed by atoms with Crippen molar-refractivity contribution in [3.05, 3.63) is 76.5 Å². The van der Waals surface area contributed by atoms with Gasteiger partial charge in [0.05, 0.1) is 0 Å². The van der Waals surface area contributed by atoms with Gasteiger partial charge in [-0.05, 0) is 41.7 Å². The predicted octanol–water partition coefficient (Wildman–Crippen LogP) is 5.50. The molecule has 1 amide bonds. The molecule has 2 aliphatic rings. The summed E-state index contributed by atoms with van der Waals surface area (Å²) in [5.74, 6) is 0.0119. The predicted molar refractivity (Wildman–Crippen MR) is 108 cm³/mol. The molecule has 138 valence electrons. The second-order valence-corrected chi connectivity index (χ2v) is 8.61. The lowest BCUT2D eigenvalue weighted by molar-refractivity contribution is -0.121. The first-order chi connectivity index (χ1) is 12.9. The number of benzene rings is 2. The number of halogens is 1. The first-order valence-electron chi connectivity index (χ1n) is 9.25. The highest BCUT2D eigenvalue weighted by molar-refractivity contribution is 6.30. The molecule has 1 aliphatic carbocycles. The molecule has 1 aliphatic heterocycles. The van der Waals surface area contributed by atoms with Gasteiger partial charge in [0, 0.05) is 40.7 Å². The molecule has 1 unspecified atom stereocenters. The summed E-state index contributed by atoms with van der Waals surface area (Å²) in [4.78, 5) is 28.1. The Morgan fingerprint density at radius 2 is 1.63 bits per heavy atom. The van der Waals surface area contributed by atoms with Crippen molar-refractivity contribution >= 4 is 29.0 Å². The van der Waals surface area contributed by atoms with Gasteiger partial charge in [-0.3, -0.25) is 14.5 Å². The first kappa shape index (κ1) is 18.0. The van der Waals surface area contributed by atoms with E-state index in [9.17, 15) is 9.59 Å². The van der Waals surface area contributed by atoms with Crippen LogP contribution in [0.4, 0.5) is 5.69 Å². The number of hydrogen-bond acceptors (Lipinski definition) is 2. The fraction of sp³-hybridized carbons (Fsp3) is 0.304. The van der Waals surface area contributed by atoms with Crippen LogP contribution >= 0.6 is 11.6 Å². The molecule has 1 atom stereocenters. The zero-order chi connectivity index (χ0) is 19.2. The summed E-state index contributed by atoms with van der Waals surface area (Å²) >= 11 is 6.03. The van der Waals surface area contributed by atoms with E-state index in [1.54, 1.807) is 17.0 Å². The Labute approximate surface area is 164 Å². The smallest absolute Gasteiger partial charge is 0.232 e. The Morgan fingerprint density at radius 1 is 0.963 bits per heavy atom. The first-order valence-corrected chi connectivity index (χ1v) is 9.63. The third-order valence-electron chi connectivity index (χ3n) is 5.43. The van der Waals surface area contributed by atoms with Gasteiger partial charge in [-0.1, -0.05) is 55.8 Å². The lowest BCUT2D eigenvalue weighted by atomic mass is 9.69. The zero-order valence-corrected chi connectivity index (χ0v) is 16.3. The van der Waals surface area contributed by atoms with Crippen LogP contribution in [0.2, 0.25) is 5.02 Å². The lowest BCUT2D eigenvalue weighted by Gasteiger charge is -2.43. The molecule has 0 saturated carbocycles. The number of amides is 1. The molecule has 0 fully saturated rings. The van der Waals surface area contributed by atoms with Crippen LogP contribution in [0.1, 0.15) is 44.6 Å². The average molecular weight is 380 g/mol.